The highest BCUT2D eigenvalue weighted by atomic mass is 32.2. The van der Waals surface area contributed by atoms with Crippen LogP contribution in [-0.2, 0) is 14.8 Å². The number of aliphatic hydroxyl groups is 1. The number of hydrogen-bond donors (Lipinski definition) is 1. The second-order valence-electron chi connectivity index (χ2n) is 4.97. The van der Waals surface area contributed by atoms with Crippen LogP contribution in [0.1, 0.15) is 17.5 Å². The molecule has 0 spiro atoms. The number of aliphatic hydroxyl groups excluding tert-OH is 1. The van der Waals surface area contributed by atoms with Gasteiger partial charge in [0.15, 0.2) is 0 Å². The molecule has 1 aromatic rings. The van der Waals surface area contributed by atoms with E-state index in [-0.39, 0.29) is 17.6 Å². The molecule has 21 heavy (non-hydrogen) atoms. The van der Waals surface area contributed by atoms with Gasteiger partial charge in [0.05, 0.1) is 11.0 Å². The number of aryl methyl sites for hydroxylation is 1. The minimum atomic E-state index is -3.59. The second kappa shape index (κ2) is 6.58. The Hall–Kier alpha value is -1.39. The summed E-state index contributed by atoms with van der Waals surface area (Å²) in [6, 6.07) is 5.05. The van der Waals surface area contributed by atoms with Crippen molar-refractivity contribution in [1.29, 1.82) is 0 Å². The average molecular weight is 309 g/mol. The number of rotatable bonds is 3. The number of ether oxygens (including phenoxy) is 1. The lowest BCUT2D eigenvalue weighted by Crippen LogP contribution is -2.30. The van der Waals surface area contributed by atoms with Gasteiger partial charge in [0.2, 0.25) is 10.0 Å². The molecule has 1 heterocycles. The molecule has 0 aromatic heterocycles. The van der Waals surface area contributed by atoms with Crippen LogP contribution < -0.4 is 0 Å². The van der Waals surface area contributed by atoms with E-state index in [4.69, 9.17) is 9.84 Å². The molecular formula is C15H19NO4S. The summed E-state index contributed by atoms with van der Waals surface area (Å²) in [6.45, 7) is 2.38. The first-order valence-electron chi connectivity index (χ1n) is 6.72. The van der Waals surface area contributed by atoms with E-state index in [1.807, 2.05) is 6.92 Å². The minimum absolute atomic E-state index is 0.0581. The molecule has 114 valence electrons. The van der Waals surface area contributed by atoms with Gasteiger partial charge in [-0.05, 0) is 31.0 Å². The Morgan fingerprint density at radius 3 is 2.86 bits per heavy atom. The summed E-state index contributed by atoms with van der Waals surface area (Å²) in [4.78, 5) is 0.186. The van der Waals surface area contributed by atoms with Crippen molar-refractivity contribution in [2.24, 2.45) is 0 Å². The molecule has 2 rings (SSSR count). The van der Waals surface area contributed by atoms with Crippen molar-refractivity contribution in [2.75, 3.05) is 26.8 Å². The first-order valence-corrected chi connectivity index (χ1v) is 8.16. The van der Waals surface area contributed by atoms with E-state index in [1.165, 1.54) is 4.31 Å². The topological polar surface area (TPSA) is 66.8 Å². The summed E-state index contributed by atoms with van der Waals surface area (Å²) >= 11 is 0. The van der Waals surface area contributed by atoms with E-state index in [0.717, 1.165) is 5.56 Å². The largest absolute Gasteiger partial charge is 0.384 e. The van der Waals surface area contributed by atoms with Crippen LogP contribution in [0.3, 0.4) is 0 Å². The van der Waals surface area contributed by atoms with E-state index < -0.39 is 10.0 Å². The second-order valence-corrected chi connectivity index (χ2v) is 6.88. The highest BCUT2D eigenvalue weighted by Gasteiger charge is 2.33. The van der Waals surface area contributed by atoms with Crippen molar-refractivity contribution in [1.82, 2.24) is 4.31 Å². The minimum Gasteiger partial charge on any atom is -0.384 e. The summed E-state index contributed by atoms with van der Waals surface area (Å²) < 4.78 is 32.1. The first kappa shape index (κ1) is 16.0. The number of hydrogen-bond acceptors (Lipinski definition) is 4. The highest BCUT2D eigenvalue weighted by molar-refractivity contribution is 7.89. The summed E-state index contributed by atoms with van der Waals surface area (Å²) in [6.07, 6.45) is 0.636. The quantitative estimate of drug-likeness (QED) is 0.837. The normalized spacial score (nSPS) is 19.3. The highest BCUT2D eigenvalue weighted by Crippen LogP contribution is 2.25. The van der Waals surface area contributed by atoms with Crippen molar-refractivity contribution in [3.63, 3.8) is 0 Å². The standard InChI is InChI=1S/C15H19NO4S/c1-12-5-6-15(13(10-12)4-3-9-17)21(18,19)16-8-7-14(11-16)20-2/h5-6,10,14,17H,7-9,11H2,1-2H3. The van der Waals surface area contributed by atoms with Crippen molar-refractivity contribution >= 4 is 10.0 Å². The first-order chi connectivity index (χ1) is 9.98. The lowest BCUT2D eigenvalue weighted by molar-refractivity contribution is 0.115. The van der Waals surface area contributed by atoms with Gasteiger partial charge in [0.25, 0.3) is 0 Å². The van der Waals surface area contributed by atoms with Crippen molar-refractivity contribution < 1.29 is 18.3 Å². The lowest BCUT2D eigenvalue weighted by Gasteiger charge is -2.17. The molecule has 6 heteroatoms. The molecule has 5 nitrogen and oxygen atoms in total. The Labute approximate surface area is 125 Å². The van der Waals surface area contributed by atoms with Crippen LogP contribution in [0, 0.1) is 18.8 Å². The van der Waals surface area contributed by atoms with Gasteiger partial charge in [0.1, 0.15) is 6.61 Å². The van der Waals surface area contributed by atoms with Crippen LogP contribution in [0.5, 0.6) is 0 Å². The summed E-state index contributed by atoms with van der Waals surface area (Å²) in [5, 5.41) is 8.82. The molecule has 0 aliphatic carbocycles. The monoisotopic (exact) mass is 309 g/mol. The van der Waals surface area contributed by atoms with Gasteiger partial charge in [0, 0.05) is 25.8 Å². The Morgan fingerprint density at radius 1 is 1.48 bits per heavy atom. The summed E-state index contributed by atoms with van der Waals surface area (Å²) in [7, 11) is -2.00. The maximum absolute atomic E-state index is 12.7. The summed E-state index contributed by atoms with van der Waals surface area (Å²) in [5.41, 5.74) is 1.34. The SMILES string of the molecule is COC1CCN(S(=O)(=O)c2ccc(C)cc2C#CCO)C1. The molecule has 1 unspecified atom stereocenters. The summed E-state index contributed by atoms with van der Waals surface area (Å²) in [5.74, 6) is 5.23. The lowest BCUT2D eigenvalue weighted by atomic mass is 10.1. The fraction of sp³-hybridized carbons (Fsp3) is 0.467. The third-order valence-corrected chi connectivity index (χ3v) is 5.42. The molecule has 1 N–H and O–H groups in total. The zero-order valence-electron chi connectivity index (χ0n) is 12.2. The van der Waals surface area contributed by atoms with Gasteiger partial charge in [-0.15, -0.1) is 0 Å². The number of benzene rings is 1. The van der Waals surface area contributed by atoms with E-state index in [0.29, 0.717) is 25.1 Å². The predicted octanol–water partition coefficient (Wildman–Crippen LogP) is 0.748. The van der Waals surface area contributed by atoms with Crippen LogP contribution in [0.15, 0.2) is 23.1 Å². The molecule has 1 aliphatic heterocycles. The average Bonchev–Trinajstić information content (AvgIpc) is 2.94. The molecule has 1 saturated heterocycles. The Balaban J connectivity index is 2.40. The van der Waals surface area contributed by atoms with Gasteiger partial charge in [-0.2, -0.15) is 4.31 Å². The Kier molecular flexibility index (Phi) is 5.01. The molecular weight excluding hydrogens is 290 g/mol. The van der Waals surface area contributed by atoms with E-state index in [9.17, 15) is 8.42 Å². The third-order valence-electron chi connectivity index (χ3n) is 3.50. The Bertz CT molecular complexity index is 673. The van der Waals surface area contributed by atoms with Crippen LogP contribution in [-0.4, -0.2) is 50.7 Å². The van der Waals surface area contributed by atoms with Crippen LogP contribution in [0.4, 0.5) is 0 Å². The predicted molar refractivity (Wildman–Crippen MR) is 79.3 cm³/mol. The molecule has 1 atom stereocenters. The van der Waals surface area contributed by atoms with Crippen molar-refractivity contribution in [2.45, 2.75) is 24.3 Å². The van der Waals surface area contributed by atoms with Crippen LogP contribution in [0.2, 0.25) is 0 Å². The zero-order chi connectivity index (χ0) is 15.5. The zero-order valence-corrected chi connectivity index (χ0v) is 13.0. The van der Waals surface area contributed by atoms with Gasteiger partial charge < -0.3 is 9.84 Å². The van der Waals surface area contributed by atoms with Gasteiger partial charge in [-0.1, -0.05) is 17.9 Å². The van der Waals surface area contributed by atoms with Crippen LogP contribution in [0.25, 0.3) is 0 Å². The maximum atomic E-state index is 12.7. The molecule has 0 amide bonds. The number of methoxy groups -OCH3 is 1. The van der Waals surface area contributed by atoms with Crippen molar-refractivity contribution in [3.05, 3.63) is 29.3 Å². The van der Waals surface area contributed by atoms with Crippen LogP contribution >= 0.6 is 0 Å². The smallest absolute Gasteiger partial charge is 0.244 e. The molecule has 0 radical (unpaired) electrons. The molecule has 1 fully saturated rings. The van der Waals surface area contributed by atoms with E-state index in [1.54, 1.807) is 25.3 Å². The van der Waals surface area contributed by atoms with Crippen molar-refractivity contribution in [3.8, 4) is 11.8 Å². The van der Waals surface area contributed by atoms with Gasteiger partial charge in [-0.25, -0.2) is 8.42 Å². The molecule has 1 aliphatic rings. The number of nitrogens with zero attached hydrogens (tertiary/aromatic N) is 1. The Morgan fingerprint density at radius 2 is 2.24 bits per heavy atom. The van der Waals surface area contributed by atoms with Gasteiger partial charge in [-0.3, -0.25) is 0 Å². The van der Waals surface area contributed by atoms with E-state index >= 15 is 0 Å². The fourth-order valence-corrected chi connectivity index (χ4v) is 3.96. The molecule has 0 bridgehead atoms. The molecule has 1 aromatic carbocycles. The number of sulfonamides is 1. The maximum Gasteiger partial charge on any atom is 0.244 e. The molecule has 0 saturated carbocycles. The third kappa shape index (κ3) is 3.44. The van der Waals surface area contributed by atoms with E-state index in [2.05, 4.69) is 11.8 Å². The fourth-order valence-electron chi connectivity index (χ4n) is 2.35. The van der Waals surface area contributed by atoms with Gasteiger partial charge >= 0.3 is 0 Å².